The van der Waals surface area contributed by atoms with Crippen molar-refractivity contribution in [1.29, 1.82) is 0 Å². The zero-order valence-electron chi connectivity index (χ0n) is 17.8. The van der Waals surface area contributed by atoms with Crippen LogP contribution in [0.25, 0.3) is 10.2 Å². The first-order chi connectivity index (χ1) is 13.7. The number of nitrogens with one attached hydrogen (secondary N) is 1. The number of methoxy groups -OCH3 is 1. The largest absolute Gasteiger partial charge is 0.468 e. The number of likely N-dealkylation sites (N-methyl/N-ethyl adjacent to an activating group) is 1. The van der Waals surface area contributed by atoms with Gasteiger partial charge in [-0.25, -0.2) is 9.36 Å². The number of ether oxygens (including phenoxy) is 2. The molecule has 0 saturated carbocycles. The molecule has 1 aliphatic heterocycles. The van der Waals surface area contributed by atoms with E-state index in [4.69, 9.17) is 9.47 Å². The van der Waals surface area contributed by atoms with Crippen molar-refractivity contribution in [2.75, 3.05) is 26.7 Å². The van der Waals surface area contributed by atoms with Gasteiger partial charge in [-0.2, -0.15) is 0 Å². The van der Waals surface area contributed by atoms with Crippen LogP contribution in [0.5, 0.6) is 0 Å². The molecule has 29 heavy (non-hydrogen) atoms. The Morgan fingerprint density at radius 1 is 1.24 bits per heavy atom. The summed E-state index contributed by atoms with van der Waals surface area (Å²) in [6, 6.07) is 0. The summed E-state index contributed by atoms with van der Waals surface area (Å²) in [6.07, 6.45) is 0.593. The number of carbonyl (C=O) groups excluding carboxylic acids is 1. The minimum Gasteiger partial charge on any atom is -0.468 e. The average Bonchev–Trinajstić information content (AvgIpc) is 3.05. The Morgan fingerprint density at radius 3 is 2.55 bits per heavy atom. The first kappa shape index (κ1) is 21.7. The van der Waals surface area contributed by atoms with Crippen LogP contribution in [0.4, 0.5) is 0 Å². The molecule has 0 aromatic carbocycles. The van der Waals surface area contributed by atoms with Gasteiger partial charge in [-0.05, 0) is 33.3 Å². The van der Waals surface area contributed by atoms with Gasteiger partial charge < -0.3 is 14.4 Å². The highest BCUT2D eigenvalue weighted by molar-refractivity contribution is 7.18. The van der Waals surface area contributed by atoms with Crippen molar-refractivity contribution in [1.82, 2.24) is 9.13 Å². The summed E-state index contributed by atoms with van der Waals surface area (Å²) in [5, 5.41) is 0.541. The van der Waals surface area contributed by atoms with E-state index in [0.717, 1.165) is 34.6 Å². The molecule has 0 amide bonds. The summed E-state index contributed by atoms with van der Waals surface area (Å²) in [4.78, 5) is 41.3. The summed E-state index contributed by atoms with van der Waals surface area (Å²) in [5.74, 6) is -0.614. The molecule has 0 radical (unpaired) electrons. The van der Waals surface area contributed by atoms with E-state index >= 15 is 0 Å². The SMILES string of the molecule is CC[NH+](CC)CCn1c(=O)n(CC(=O)OC)c(=O)c2c3c(sc21)COC(C)(C)C3. The minimum atomic E-state index is -0.614. The Hall–Kier alpha value is -1.97. The number of hydrogen-bond donors (Lipinski definition) is 1. The maximum atomic E-state index is 13.2. The number of nitrogens with zero attached hydrogens (tertiary/aromatic N) is 2. The first-order valence-electron chi connectivity index (χ1n) is 10.0. The van der Waals surface area contributed by atoms with E-state index in [1.807, 2.05) is 13.8 Å². The number of esters is 1. The Morgan fingerprint density at radius 2 is 1.93 bits per heavy atom. The van der Waals surface area contributed by atoms with Crippen LogP contribution < -0.4 is 16.1 Å². The van der Waals surface area contributed by atoms with Crippen molar-refractivity contribution < 1.29 is 19.2 Å². The predicted molar refractivity (Wildman–Crippen MR) is 112 cm³/mol. The van der Waals surface area contributed by atoms with Gasteiger partial charge in [-0.1, -0.05) is 0 Å². The lowest BCUT2D eigenvalue weighted by Crippen LogP contribution is -3.11. The smallest absolute Gasteiger partial charge is 0.332 e. The van der Waals surface area contributed by atoms with E-state index in [2.05, 4.69) is 13.8 Å². The molecule has 1 N–H and O–H groups in total. The number of rotatable bonds is 7. The molecule has 3 rings (SSSR count). The van der Waals surface area contributed by atoms with Crippen LogP contribution in [-0.2, 0) is 40.4 Å². The third kappa shape index (κ3) is 4.17. The van der Waals surface area contributed by atoms with Crippen LogP contribution in [0.2, 0.25) is 0 Å². The van der Waals surface area contributed by atoms with Gasteiger partial charge in [0.2, 0.25) is 0 Å². The predicted octanol–water partition coefficient (Wildman–Crippen LogP) is 0.174. The zero-order valence-corrected chi connectivity index (χ0v) is 18.6. The van der Waals surface area contributed by atoms with Crippen molar-refractivity contribution in [2.45, 2.75) is 59.4 Å². The number of carbonyl (C=O) groups is 1. The summed E-state index contributed by atoms with van der Waals surface area (Å²) >= 11 is 1.45. The lowest BCUT2D eigenvalue weighted by atomic mass is 9.94. The van der Waals surface area contributed by atoms with E-state index in [1.54, 1.807) is 4.57 Å². The van der Waals surface area contributed by atoms with Gasteiger partial charge in [0.1, 0.15) is 11.4 Å². The van der Waals surface area contributed by atoms with Gasteiger partial charge in [0, 0.05) is 11.3 Å². The van der Waals surface area contributed by atoms with Gasteiger partial charge in [0.15, 0.2) is 0 Å². The van der Waals surface area contributed by atoms with E-state index in [1.165, 1.54) is 23.3 Å². The van der Waals surface area contributed by atoms with E-state index in [-0.39, 0.29) is 12.1 Å². The van der Waals surface area contributed by atoms with Gasteiger partial charge >= 0.3 is 11.7 Å². The number of fused-ring (bicyclic) bond motifs is 3. The monoisotopic (exact) mass is 424 g/mol. The second-order valence-corrected chi connectivity index (χ2v) is 9.10. The first-order valence-corrected chi connectivity index (χ1v) is 10.9. The Kier molecular flexibility index (Phi) is 6.30. The van der Waals surface area contributed by atoms with Crippen LogP contribution in [0.3, 0.4) is 0 Å². The highest BCUT2D eigenvalue weighted by atomic mass is 32.1. The molecular weight excluding hydrogens is 394 g/mol. The van der Waals surface area contributed by atoms with Crippen molar-refractivity contribution in [3.63, 3.8) is 0 Å². The maximum absolute atomic E-state index is 13.2. The van der Waals surface area contributed by atoms with Crippen LogP contribution >= 0.6 is 11.3 Å². The molecule has 0 spiro atoms. The molecule has 160 valence electrons. The van der Waals surface area contributed by atoms with Crippen molar-refractivity contribution >= 4 is 27.5 Å². The van der Waals surface area contributed by atoms with Gasteiger partial charge in [0.05, 0.1) is 50.9 Å². The van der Waals surface area contributed by atoms with E-state index in [0.29, 0.717) is 29.8 Å². The third-order valence-electron chi connectivity index (χ3n) is 5.64. The average molecular weight is 425 g/mol. The fourth-order valence-electron chi connectivity index (χ4n) is 3.81. The second kappa shape index (κ2) is 8.41. The Balaban J connectivity index is 2.22. The van der Waals surface area contributed by atoms with Gasteiger partial charge in [0.25, 0.3) is 5.56 Å². The van der Waals surface area contributed by atoms with Crippen molar-refractivity contribution in [2.24, 2.45) is 0 Å². The molecule has 9 heteroatoms. The fourth-order valence-corrected chi connectivity index (χ4v) is 5.05. The fraction of sp³-hybridized carbons (Fsp3) is 0.650. The normalized spacial score (nSPS) is 15.7. The molecule has 8 nitrogen and oxygen atoms in total. The summed E-state index contributed by atoms with van der Waals surface area (Å²) in [5.41, 5.74) is -0.323. The molecule has 2 aromatic heterocycles. The Bertz CT molecular complexity index is 1030. The van der Waals surface area contributed by atoms with Gasteiger partial charge in [-0.3, -0.25) is 14.2 Å². The molecule has 0 fully saturated rings. The van der Waals surface area contributed by atoms with Crippen LogP contribution in [0, 0.1) is 0 Å². The standard InChI is InChI=1S/C20H29N3O5S/c1-6-21(7-2)8-9-22-18-16(13-10-20(3,4)28-12-14(13)29-18)17(25)23(19(22)26)11-15(24)27-5/h6-12H2,1-5H3/p+1. The molecule has 0 aliphatic carbocycles. The molecule has 0 saturated heterocycles. The molecule has 0 unspecified atom stereocenters. The van der Waals surface area contributed by atoms with Gasteiger partial charge in [-0.15, -0.1) is 11.3 Å². The van der Waals surface area contributed by atoms with Crippen LogP contribution in [0.15, 0.2) is 9.59 Å². The lowest BCUT2D eigenvalue weighted by molar-refractivity contribution is -0.897. The zero-order chi connectivity index (χ0) is 21.3. The number of thiophene rings is 1. The second-order valence-electron chi connectivity index (χ2n) is 8.02. The third-order valence-corrected chi connectivity index (χ3v) is 6.87. The quantitative estimate of drug-likeness (QED) is 0.641. The summed E-state index contributed by atoms with van der Waals surface area (Å²) < 4.78 is 13.3. The molecule has 2 aromatic rings. The molecule has 1 aliphatic rings. The van der Waals surface area contributed by atoms with Crippen LogP contribution in [0.1, 0.15) is 38.1 Å². The van der Waals surface area contributed by atoms with E-state index < -0.39 is 17.2 Å². The number of aromatic nitrogens is 2. The van der Waals surface area contributed by atoms with Crippen molar-refractivity contribution in [3.05, 3.63) is 31.3 Å². The number of hydrogen-bond acceptors (Lipinski definition) is 6. The summed E-state index contributed by atoms with van der Waals surface area (Å²) in [7, 11) is 1.25. The van der Waals surface area contributed by atoms with E-state index in [9.17, 15) is 14.4 Å². The lowest BCUT2D eigenvalue weighted by Gasteiger charge is -2.29. The molecular formula is C20H30N3O5S+. The van der Waals surface area contributed by atoms with Crippen LogP contribution in [-0.4, -0.2) is 47.4 Å². The minimum absolute atomic E-state index is 0.382. The highest BCUT2D eigenvalue weighted by Gasteiger charge is 2.32. The summed E-state index contributed by atoms with van der Waals surface area (Å²) in [6.45, 7) is 11.4. The molecule has 0 bridgehead atoms. The maximum Gasteiger partial charge on any atom is 0.332 e. The topological polar surface area (TPSA) is 84.0 Å². The van der Waals surface area contributed by atoms with Crippen molar-refractivity contribution in [3.8, 4) is 0 Å². The molecule has 0 atom stereocenters. The Labute approximate surface area is 173 Å². The molecule has 3 heterocycles. The highest BCUT2D eigenvalue weighted by Crippen LogP contribution is 2.37. The number of quaternary nitrogens is 1.